The molecule has 1 saturated carbocycles. The molecule has 88 valence electrons. The van der Waals surface area contributed by atoms with Gasteiger partial charge in [-0.25, -0.2) is 0 Å². The van der Waals surface area contributed by atoms with E-state index in [9.17, 15) is 0 Å². The Morgan fingerprint density at radius 3 is 2.06 bits per heavy atom. The van der Waals surface area contributed by atoms with Crippen LogP contribution in [0.4, 0.5) is 0 Å². The molecular formula is C14H19ClS. The van der Waals surface area contributed by atoms with Gasteiger partial charge in [-0.05, 0) is 37.1 Å². The predicted octanol–water partition coefficient (Wildman–Crippen LogP) is 5.55. The van der Waals surface area contributed by atoms with E-state index in [0.29, 0.717) is 0 Å². The minimum absolute atomic E-state index is 0.821. The number of halogens is 1. The summed E-state index contributed by atoms with van der Waals surface area (Å²) in [6, 6.07) is 8.27. The van der Waals surface area contributed by atoms with Crippen molar-refractivity contribution in [3.8, 4) is 0 Å². The van der Waals surface area contributed by atoms with Crippen LogP contribution in [0.5, 0.6) is 0 Å². The highest BCUT2D eigenvalue weighted by molar-refractivity contribution is 8.00. The van der Waals surface area contributed by atoms with Crippen molar-refractivity contribution in [2.24, 2.45) is 0 Å². The molecular weight excluding hydrogens is 236 g/mol. The molecule has 0 bridgehead atoms. The van der Waals surface area contributed by atoms with E-state index in [1.54, 1.807) is 0 Å². The van der Waals surface area contributed by atoms with Crippen LogP contribution in [-0.2, 0) is 0 Å². The second-order valence-corrected chi connectivity index (χ2v) is 6.35. The van der Waals surface area contributed by atoms with Gasteiger partial charge >= 0.3 is 0 Å². The zero-order valence-corrected chi connectivity index (χ0v) is 11.2. The van der Waals surface area contributed by atoms with E-state index < -0.39 is 0 Å². The number of hydrogen-bond acceptors (Lipinski definition) is 1. The van der Waals surface area contributed by atoms with Gasteiger partial charge in [-0.3, -0.25) is 0 Å². The van der Waals surface area contributed by atoms with Gasteiger partial charge in [-0.2, -0.15) is 0 Å². The third-order valence-corrected chi connectivity index (χ3v) is 4.77. The van der Waals surface area contributed by atoms with Crippen LogP contribution < -0.4 is 0 Å². The number of rotatable bonds is 2. The van der Waals surface area contributed by atoms with Crippen LogP contribution >= 0.6 is 23.4 Å². The zero-order chi connectivity index (χ0) is 11.2. The van der Waals surface area contributed by atoms with E-state index in [0.717, 1.165) is 10.3 Å². The van der Waals surface area contributed by atoms with Crippen LogP contribution in [-0.4, -0.2) is 5.25 Å². The maximum Gasteiger partial charge on any atom is 0.0406 e. The minimum Gasteiger partial charge on any atom is -0.123 e. The van der Waals surface area contributed by atoms with Crippen molar-refractivity contribution in [3.63, 3.8) is 0 Å². The monoisotopic (exact) mass is 254 g/mol. The molecule has 16 heavy (non-hydrogen) atoms. The Kier molecular flexibility index (Phi) is 5.05. The average Bonchev–Trinajstić information content (AvgIpc) is 2.25. The number of thioether (sulfide) groups is 1. The topological polar surface area (TPSA) is 0 Å². The minimum atomic E-state index is 0.821. The lowest BCUT2D eigenvalue weighted by Crippen LogP contribution is -2.05. The quantitative estimate of drug-likeness (QED) is 0.667. The van der Waals surface area contributed by atoms with Gasteiger partial charge in [0.1, 0.15) is 0 Å². The fourth-order valence-corrected chi connectivity index (χ4v) is 3.62. The van der Waals surface area contributed by atoms with E-state index in [-0.39, 0.29) is 0 Å². The molecule has 0 spiro atoms. The van der Waals surface area contributed by atoms with Gasteiger partial charge in [-0.1, -0.05) is 43.7 Å². The molecule has 0 heterocycles. The molecule has 1 fully saturated rings. The Morgan fingerprint density at radius 2 is 1.44 bits per heavy atom. The fourth-order valence-electron chi connectivity index (χ4n) is 2.24. The molecule has 1 aliphatic carbocycles. The molecule has 0 saturated heterocycles. The normalized spacial score (nSPS) is 19.1. The first-order chi connectivity index (χ1) is 7.84. The highest BCUT2D eigenvalue weighted by Crippen LogP contribution is 2.32. The van der Waals surface area contributed by atoms with E-state index in [4.69, 9.17) is 11.6 Å². The fraction of sp³-hybridized carbons (Fsp3) is 0.571. The second kappa shape index (κ2) is 6.56. The molecule has 0 unspecified atom stereocenters. The van der Waals surface area contributed by atoms with Crippen molar-refractivity contribution in [1.82, 2.24) is 0 Å². The lowest BCUT2D eigenvalue weighted by Gasteiger charge is -2.19. The highest BCUT2D eigenvalue weighted by Gasteiger charge is 2.12. The van der Waals surface area contributed by atoms with E-state index in [2.05, 4.69) is 12.1 Å². The third-order valence-electron chi connectivity index (χ3n) is 3.17. The van der Waals surface area contributed by atoms with E-state index in [1.807, 2.05) is 23.9 Å². The molecule has 0 aliphatic heterocycles. The van der Waals surface area contributed by atoms with Crippen molar-refractivity contribution in [1.29, 1.82) is 0 Å². The second-order valence-electron chi connectivity index (χ2n) is 4.54. The predicted molar refractivity (Wildman–Crippen MR) is 73.4 cm³/mol. The van der Waals surface area contributed by atoms with Gasteiger partial charge < -0.3 is 0 Å². The summed E-state index contributed by atoms with van der Waals surface area (Å²) in [5.74, 6) is 0. The Labute approximate surface area is 108 Å². The highest BCUT2D eigenvalue weighted by atomic mass is 35.5. The SMILES string of the molecule is Clc1ccc(SC2CCCCCCC2)cc1. The summed E-state index contributed by atoms with van der Waals surface area (Å²) in [5.41, 5.74) is 0. The summed E-state index contributed by atoms with van der Waals surface area (Å²) in [6.07, 6.45) is 9.88. The van der Waals surface area contributed by atoms with Gasteiger partial charge in [0.2, 0.25) is 0 Å². The lowest BCUT2D eigenvalue weighted by atomic mass is 10.0. The van der Waals surface area contributed by atoms with E-state index in [1.165, 1.54) is 49.8 Å². The van der Waals surface area contributed by atoms with Crippen molar-refractivity contribution < 1.29 is 0 Å². The van der Waals surface area contributed by atoms with Crippen LogP contribution in [0.25, 0.3) is 0 Å². The number of hydrogen-bond donors (Lipinski definition) is 0. The first-order valence-electron chi connectivity index (χ1n) is 6.27. The summed E-state index contributed by atoms with van der Waals surface area (Å²) in [7, 11) is 0. The van der Waals surface area contributed by atoms with Crippen molar-refractivity contribution in [2.45, 2.75) is 55.1 Å². The van der Waals surface area contributed by atoms with Crippen molar-refractivity contribution in [3.05, 3.63) is 29.3 Å². The third kappa shape index (κ3) is 4.03. The van der Waals surface area contributed by atoms with Crippen LogP contribution in [0.1, 0.15) is 44.9 Å². The van der Waals surface area contributed by atoms with Crippen LogP contribution in [0.2, 0.25) is 5.02 Å². The van der Waals surface area contributed by atoms with Crippen LogP contribution in [0.3, 0.4) is 0 Å². The summed E-state index contributed by atoms with van der Waals surface area (Å²) in [4.78, 5) is 1.37. The summed E-state index contributed by atoms with van der Waals surface area (Å²) in [5, 5.41) is 1.66. The summed E-state index contributed by atoms with van der Waals surface area (Å²) < 4.78 is 0. The Hall–Kier alpha value is -0.140. The summed E-state index contributed by atoms with van der Waals surface area (Å²) in [6.45, 7) is 0. The van der Waals surface area contributed by atoms with Gasteiger partial charge in [0.25, 0.3) is 0 Å². The molecule has 0 radical (unpaired) electrons. The standard InChI is InChI=1S/C14H19ClS/c15-12-8-10-14(11-9-12)16-13-6-4-2-1-3-5-7-13/h8-11,13H,1-7H2. The molecule has 2 rings (SSSR count). The Balaban J connectivity index is 1.89. The molecule has 0 amide bonds. The maximum atomic E-state index is 5.89. The van der Waals surface area contributed by atoms with E-state index >= 15 is 0 Å². The first-order valence-corrected chi connectivity index (χ1v) is 7.52. The molecule has 1 aromatic carbocycles. The molecule has 0 aromatic heterocycles. The molecule has 2 heteroatoms. The first kappa shape index (κ1) is 12.3. The zero-order valence-electron chi connectivity index (χ0n) is 9.62. The number of benzene rings is 1. The molecule has 0 N–H and O–H groups in total. The Morgan fingerprint density at radius 1 is 0.875 bits per heavy atom. The molecule has 0 atom stereocenters. The van der Waals surface area contributed by atoms with Gasteiger partial charge in [0.15, 0.2) is 0 Å². The van der Waals surface area contributed by atoms with Gasteiger partial charge in [0, 0.05) is 15.2 Å². The lowest BCUT2D eigenvalue weighted by molar-refractivity contribution is 0.513. The largest absolute Gasteiger partial charge is 0.123 e. The van der Waals surface area contributed by atoms with Gasteiger partial charge in [-0.15, -0.1) is 11.8 Å². The Bertz CT molecular complexity index is 299. The maximum absolute atomic E-state index is 5.89. The molecule has 1 aliphatic rings. The van der Waals surface area contributed by atoms with Crippen molar-refractivity contribution in [2.75, 3.05) is 0 Å². The smallest absolute Gasteiger partial charge is 0.0406 e. The van der Waals surface area contributed by atoms with Crippen LogP contribution in [0.15, 0.2) is 29.2 Å². The van der Waals surface area contributed by atoms with Crippen molar-refractivity contribution >= 4 is 23.4 Å². The van der Waals surface area contributed by atoms with Crippen LogP contribution in [0, 0.1) is 0 Å². The van der Waals surface area contributed by atoms with Gasteiger partial charge in [0.05, 0.1) is 0 Å². The summed E-state index contributed by atoms with van der Waals surface area (Å²) >= 11 is 7.93. The molecule has 1 aromatic rings. The molecule has 0 nitrogen and oxygen atoms in total. The average molecular weight is 255 g/mol.